The van der Waals surface area contributed by atoms with Crippen molar-refractivity contribution >= 4 is 17.0 Å². The molecule has 0 aliphatic carbocycles. The average molecular weight is 194 g/mol. The summed E-state index contributed by atoms with van der Waals surface area (Å²) in [6.45, 7) is 1.95. The Labute approximate surface area is 88.5 Å². The van der Waals surface area contributed by atoms with Crippen molar-refractivity contribution in [3.05, 3.63) is 47.7 Å². The second-order valence-corrected chi connectivity index (χ2v) is 3.33. The molecule has 0 radical (unpaired) electrons. The smallest absolute Gasteiger partial charge is 0.0912 e. The maximum atomic E-state index is 8.52. The van der Waals surface area contributed by atoms with E-state index in [0.717, 1.165) is 22.2 Å². The second kappa shape index (κ2) is 3.93. The second-order valence-electron chi connectivity index (χ2n) is 3.33. The van der Waals surface area contributed by atoms with Crippen LogP contribution in [0.25, 0.3) is 17.0 Å². The van der Waals surface area contributed by atoms with Gasteiger partial charge < -0.3 is 0 Å². The van der Waals surface area contributed by atoms with Gasteiger partial charge in [0, 0.05) is 17.2 Å². The van der Waals surface area contributed by atoms with E-state index in [1.807, 2.05) is 49.4 Å². The van der Waals surface area contributed by atoms with Crippen molar-refractivity contribution in [1.29, 1.82) is 5.26 Å². The summed E-state index contributed by atoms with van der Waals surface area (Å²) in [6.07, 6.45) is 3.30. The van der Waals surface area contributed by atoms with E-state index in [2.05, 4.69) is 4.98 Å². The van der Waals surface area contributed by atoms with Crippen LogP contribution in [0.15, 0.2) is 36.4 Å². The minimum Gasteiger partial charge on any atom is -0.253 e. The molecule has 0 amide bonds. The summed E-state index contributed by atoms with van der Waals surface area (Å²) in [5, 5.41) is 9.59. The van der Waals surface area contributed by atoms with Crippen LogP contribution in [0.2, 0.25) is 0 Å². The monoisotopic (exact) mass is 194 g/mol. The lowest BCUT2D eigenvalue weighted by Crippen LogP contribution is -1.86. The van der Waals surface area contributed by atoms with Crippen LogP contribution in [0.1, 0.15) is 11.3 Å². The standard InChI is InChI=1S/C13H10N2/c1-10-9-11(5-4-8-14)12-6-2-3-7-13(12)15-10/h2-7,9H,1H3. The molecule has 2 nitrogen and oxygen atoms in total. The fourth-order valence-corrected chi connectivity index (χ4v) is 1.61. The summed E-state index contributed by atoms with van der Waals surface area (Å²) in [5.41, 5.74) is 2.97. The van der Waals surface area contributed by atoms with E-state index in [-0.39, 0.29) is 0 Å². The molecule has 0 spiro atoms. The lowest BCUT2D eigenvalue weighted by molar-refractivity contribution is 1.25. The summed E-state index contributed by atoms with van der Waals surface area (Å²) < 4.78 is 0. The molecule has 1 heterocycles. The molecule has 0 atom stereocenters. The van der Waals surface area contributed by atoms with Crippen molar-refractivity contribution in [2.45, 2.75) is 6.92 Å². The highest BCUT2D eigenvalue weighted by molar-refractivity contribution is 5.88. The zero-order valence-electron chi connectivity index (χ0n) is 8.44. The fraction of sp³-hybridized carbons (Fsp3) is 0.0769. The topological polar surface area (TPSA) is 36.7 Å². The van der Waals surface area contributed by atoms with E-state index in [1.54, 1.807) is 0 Å². The van der Waals surface area contributed by atoms with E-state index in [4.69, 9.17) is 5.26 Å². The minimum atomic E-state index is 0.964. The number of aromatic nitrogens is 1. The first-order valence-corrected chi connectivity index (χ1v) is 4.74. The Morgan fingerprint density at radius 2 is 2.13 bits per heavy atom. The predicted molar refractivity (Wildman–Crippen MR) is 61.1 cm³/mol. The summed E-state index contributed by atoms with van der Waals surface area (Å²) in [6, 6.07) is 11.9. The fourth-order valence-electron chi connectivity index (χ4n) is 1.61. The number of hydrogen-bond acceptors (Lipinski definition) is 2. The number of hydrogen-bond donors (Lipinski definition) is 0. The first-order valence-electron chi connectivity index (χ1n) is 4.74. The number of para-hydroxylation sites is 1. The highest BCUT2D eigenvalue weighted by atomic mass is 14.7. The van der Waals surface area contributed by atoms with Gasteiger partial charge in [0.15, 0.2) is 0 Å². The van der Waals surface area contributed by atoms with Crippen LogP contribution in [0.5, 0.6) is 0 Å². The van der Waals surface area contributed by atoms with E-state index in [1.165, 1.54) is 6.08 Å². The number of allylic oxidation sites excluding steroid dienone is 1. The lowest BCUT2D eigenvalue weighted by atomic mass is 10.1. The van der Waals surface area contributed by atoms with Gasteiger partial charge >= 0.3 is 0 Å². The zero-order chi connectivity index (χ0) is 10.7. The van der Waals surface area contributed by atoms with Gasteiger partial charge in [0.1, 0.15) is 0 Å². The maximum Gasteiger partial charge on any atom is 0.0912 e. The van der Waals surface area contributed by atoms with Gasteiger partial charge in [-0.05, 0) is 30.7 Å². The van der Waals surface area contributed by atoms with Gasteiger partial charge in [-0.15, -0.1) is 0 Å². The molecule has 2 heteroatoms. The number of fused-ring (bicyclic) bond motifs is 1. The van der Waals surface area contributed by atoms with Crippen molar-refractivity contribution in [3.63, 3.8) is 0 Å². The molecule has 15 heavy (non-hydrogen) atoms. The summed E-state index contributed by atoms with van der Waals surface area (Å²) >= 11 is 0. The molecule has 0 saturated carbocycles. The molecule has 0 bridgehead atoms. The van der Waals surface area contributed by atoms with Gasteiger partial charge in [-0.2, -0.15) is 5.26 Å². The molecule has 0 aliphatic rings. The Balaban J connectivity index is 2.72. The van der Waals surface area contributed by atoms with Crippen LogP contribution in [0, 0.1) is 18.3 Å². The van der Waals surface area contributed by atoms with Crippen LogP contribution in [0.4, 0.5) is 0 Å². The van der Waals surface area contributed by atoms with E-state index >= 15 is 0 Å². The summed E-state index contributed by atoms with van der Waals surface area (Å²) in [4.78, 5) is 4.43. The van der Waals surface area contributed by atoms with Crippen molar-refractivity contribution in [2.75, 3.05) is 0 Å². The number of nitriles is 1. The number of rotatable bonds is 1. The Morgan fingerprint density at radius 1 is 1.33 bits per heavy atom. The van der Waals surface area contributed by atoms with Gasteiger partial charge in [-0.25, -0.2) is 0 Å². The molecular weight excluding hydrogens is 184 g/mol. The number of nitrogens with zero attached hydrogens (tertiary/aromatic N) is 2. The Kier molecular flexibility index (Phi) is 2.47. The molecule has 72 valence electrons. The molecule has 0 fully saturated rings. The van der Waals surface area contributed by atoms with Gasteiger partial charge in [-0.3, -0.25) is 4.98 Å². The molecule has 0 N–H and O–H groups in total. The average Bonchev–Trinajstić information content (AvgIpc) is 2.25. The highest BCUT2D eigenvalue weighted by Crippen LogP contribution is 2.19. The van der Waals surface area contributed by atoms with E-state index < -0.39 is 0 Å². The molecule has 2 rings (SSSR count). The normalized spacial score (nSPS) is 10.7. The van der Waals surface area contributed by atoms with E-state index in [9.17, 15) is 0 Å². The Bertz CT molecular complexity index is 562. The van der Waals surface area contributed by atoms with Gasteiger partial charge in [0.25, 0.3) is 0 Å². The molecule has 0 saturated heterocycles. The van der Waals surface area contributed by atoms with Crippen LogP contribution in [0.3, 0.4) is 0 Å². The molecule has 0 aliphatic heterocycles. The Morgan fingerprint density at radius 3 is 2.93 bits per heavy atom. The maximum absolute atomic E-state index is 8.52. The third kappa shape index (κ3) is 1.87. The molecule has 1 aromatic heterocycles. The van der Waals surface area contributed by atoms with Crippen molar-refractivity contribution in [3.8, 4) is 6.07 Å². The van der Waals surface area contributed by atoms with E-state index in [0.29, 0.717) is 0 Å². The number of aryl methyl sites for hydroxylation is 1. The molecule has 1 aromatic carbocycles. The van der Waals surface area contributed by atoms with Gasteiger partial charge in [-0.1, -0.05) is 18.2 Å². The molecular formula is C13H10N2. The third-order valence-electron chi connectivity index (χ3n) is 2.21. The van der Waals surface area contributed by atoms with Crippen LogP contribution in [-0.4, -0.2) is 4.98 Å². The van der Waals surface area contributed by atoms with Crippen LogP contribution >= 0.6 is 0 Å². The quantitative estimate of drug-likeness (QED) is 0.654. The first kappa shape index (κ1) is 9.42. The summed E-state index contributed by atoms with van der Waals surface area (Å²) in [5.74, 6) is 0. The van der Waals surface area contributed by atoms with Crippen molar-refractivity contribution in [1.82, 2.24) is 4.98 Å². The highest BCUT2D eigenvalue weighted by Gasteiger charge is 1.99. The van der Waals surface area contributed by atoms with Crippen LogP contribution < -0.4 is 0 Å². The summed E-state index contributed by atoms with van der Waals surface area (Å²) in [7, 11) is 0. The van der Waals surface area contributed by atoms with Crippen molar-refractivity contribution in [2.24, 2.45) is 0 Å². The van der Waals surface area contributed by atoms with Crippen molar-refractivity contribution < 1.29 is 0 Å². The lowest BCUT2D eigenvalue weighted by Gasteiger charge is -2.02. The molecule has 0 unspecified atom stereocenters. The van der Waals surface area contributed by atoms with Crippen LogP contribution in [-0.2, 0) is 0 Å². The van der Waals surface area contributed by atoms with Gasteiger partial charge in [0.05, 0.1) is 11.6 Å². The number of pyridine rings is 1. The Hall–Kier alpha value is -2.14. The third-order valence-corrected chi connectivity index (χ3v) is 2.21. The largest absolute Gasteiger partial charge is 0.253 e. The first-order chi connectivity index (χ1) is 7.31. The van der Waals surface area contributed by atoms with Gasteiger partial charge in [0.2, 0.25) is 0 Å². The number of benzene rings is 1. The zero-order valence-corrected chi connectivity index (χ0v) is 8.44. The minimum absolute atomic E-state index is 0.964. The predicted octanol–water partition coefficient (Wildman–Crippen LogP) is 3.08. The molecule has 2 aromatic rings. The SMILES string of the molecule is Cc1cc(C=CC#N)c2ccccc2n1.